The Morgan fingerprint density at radius 1 is 1.16 bits per heavy atom. The van der Waals surface area contributed by atoms with Gasteiger partial charge in [0.15, 0.2) is 5.69 Å². The van der Waals surface area contributed by atoms with E-state index in [1.807, 2.05) is 0 Å². The topological polar surface area (TPSA) is 64.4 Å². The van der Waals surface area contributed by atoms with Crippen LogP contribution in [0.5, 0.6) is 0 Å². The SMILES string of the molecule is CCOC(=O)c1nn(CC(=O)N2CCC(C(F)(F)c3ccccc3)CC2)c2c1CCC2. The Hall–Kier alpha value is -2.77. The lowest BCUT2D eigenvalue weighted by Crippen LogP contribution is -2.43. The van der Waals surface area contributed by atoms with Crippen LogP contribution in [0.25, 0.3) is 0 Å². The molecule has 1 fully saturated rings. The lowest BCUT2D eigenvalue weighted by molar-refractivity contribution is -0.137. The fourth-order valence-corrected chi connectivity index (χ4v) is 4.62. The molecule has 8 heteroatoms. The van der Waals surface area contributed by atoms with Crippen molar-refractivity contribution < 1.29 is 23.1 Å². The highest BCUT2D eigenvalue weighted by Gasteiger charge is 2.43. The number of likely N-dealkylation sites (tertiary alicyclic amines) is 1. The number of piperidine rings is 1. The Balaban J connectivity index is 1.40. The van der Waals surface area contributed by atoms with Gasteiger partial charge in [-0.3, -0.25) is 9.48 Å². The zero-order valence-electron chi connectivity index (χ0n) is 17.7. The predicted octanol–water partition coefficient (Wildman–Crippen LogP) is 3.58. The standard InChI is InChI=1S/C23H27F2N3O3/c1-2-31-22(30)21-18-9-6-10-19(18)28(26-21)15-20(29)27-13-11-17(12-14-27)23(24,25)16-7-4-3-5-8-16/h3-5,7-8,17H,2,6,9-15H2,1H3. The van der Waals surface area contributed by atoms with E-state index in [1.165, 1.54) is 12.1 Å². The average Bonchev–Trinajstić information content (AvgIpc) is 3.38. The molecule has 0 saturated carbocycles. The summed E-state index contributed by atoms with van der Waals surface area (Å²) in [4.78, 5) is 26.7. The van der Waals surface area contributed by atoms with Gasteiger partial charge in [0.1, 0.15) is 6.54 Å². The largest absolute Gasteiger partial charge is 0.461 e. The average molecular weight is 431 g/mol. The van der Waals surface area contributed by atoms with E-state index < -0.39 is 17.8 Å². The van der Waals surface area contributed by atoms with Crippen molar-refractivity contribution in [2.75, 3.05) is 19.7 Å². The number of ether oxygens (including phenoxy) is 1. The van der Waals surface area contributed by atoms with E-state index in [0.29, 0.717) is 18.8 Å². The minimum atomic E-state index is -2.91. The molecule has 0 bridgehead atoms. The first kappa shape index (κ1) is 21.5. The van der Waals surface area contributed by atoms with Gasteiger partial charge in [-0.2, -0.15) is 5.10 Å². The van der Waals surface area contributed by atoms with Crippen LogP contribution in [0.4, 0.5) is 8.78 Å². The molecule has 1 amide bonds. The Morgan fingerprint density at radius 3 is 2.55 bits per heavy atom. The van der Waals surface area contributed by atoms with Crippen molar-refractivity contribution in [1.82, 2.24) is 14.7 Å². The summed E-state index contributed by atoms with van der Waals surface area (Å²) < 4.78 is 36.4. The molecule has 0 spiro atoms. The number of fused-ring (bicyclic) bond motifs is 1. The normalized spacial score (nSPS) is 16.9. The number of nitrogens with zero attached hydrogens (tertiary/aromatic N) is 3. The van der Waals surface area contributed by atoms with Gasteiger partial charge in [-0.15, -0.1) is 0 Å². The van der Waals surface area contributed by atoms with Crippen molar-refractivity contribution in [2.45, 2.75) is 51.5 Å². The second kappa shape index (κ2) is 8.77. The van der Waals surface area contributed by atoms with Crippen LogP contribution in [-0.2, 0) is 34.8 Å². The first-order chi connectivity index (χ1) is 14.9. The molecule has 1 aromatic carbocycles. The Labute approximate surface area is 180 Å². The number of carbonyl (C=O) groups is 2. The third-order valence-corrected chi connectivity index (χ3v) is 6.28. The summed E-state index contributed by atoms with van der Waals surface area (Å²) in [7, 11) is 0. The van der Waals surface area contributed by atoms with E-state index >= 15 is 0 Å². The molecule has 2 aromatic rings. The predicted molar refractivity (Wildman–Crippen MR) is 110 cm³/mol. The number of rotatable bonds is 6. The van der Waals surface area contributed by atoms with Gasteiger partial charge in [-0.1, -0.05) is 30.3 Å². The zero-order chi connectivity index (χ0) is 22.0. The van der Waals surface area contributed by atoms with Crippen LogP contribution in [-0.4, -0.2) is 46.3 Å². The van der Waals surface area contributed by atoms with E-state index in [1.54, 1.807) is 34.7 Å². The Kier molecular flexibility index (Phi) is 6.07. The number of alkyl halides is 2. The number of hydrogen-bond acceptors (Lipinski definition) is 4. The van der Waals surface area contributed by atoms with Crippen molar-refractivity contribution in [2.24, 2.45) is 5.92 Å². The second-order valence-corrected chi connectivity index (χ2v) is 8.15. The van der Waals surface area contributed by atoms with Crippen LogP contribution in [0.1, 0.15) is 53.5 Å². The molecule has 2 aliphatic rings. The molecule has 1 aliphatic carbocycles. The van der Waals surface area contributed by atoms with Crippen molar-refractivity contribution in [3.8, 4) is 0 Å². The molecule has 166 valence electrons. The lowest BCUT2D eigenvalue weighted by atomic mass is 9.86. The maximum Gasteiger partial charge on any atom is 0.359 e. The summed E-state index contributed by atoms with van der Waals surface area (Å²) in [6.07, 6.45) is 2.92. The molecule has 0 atom stereocenters. The van der Waals surface area contributed by atoms with Crippen molar-refractivity contribution in [1.29, 1.82) is 0 Å². The van der Waals surface area contributed by atoms with Gasteiger partial charge in [0.2, 0.25) is 5.91 Å². The highest BCUT2D eigenvalue weighted by atomic mass is 19.3. The fraction of sp³-hybridized carbons (Fsp3) is 0.522. The maximum atomic E-state index is 14.8. The molecule has 4 rings (SSSR count). The van der Waals surface area contributed by atoms with Crippen molar-refractivity contribution in [3.63, 3.8) is 0 Å². The number of benzene rings is 1. The summed E-state index contributed by atoms with van der Waals surface area (Å²) in [5, 5.41) is 4.35. The quantitative estimate of drug-likeness (QED) is 0.656. The van der Waals surface area contributed by atoms with E-state index in [-0.39, 0.29) is 37.5 Å². The number of carbonyl (C=O) groups excluding carboxylic acids is 2. The van der Waals surface area contributed by atoms with Crippen molar-refractivity contribution >= 4 is 11.9 Å². The second-order valence-electron chi connectivity index (χ2n) is 8.15. The van der Waals surface area contributed by atoms with E-state index in [2.05, 4.69) is 5.10 Å². The first-order valence-corrected chi connectivity index (χ1v) is 10.9. The maximum absolute atomic E-state index is 14.8. The van der Waals surface area contributed by atoms with Gasteiger partial charge in [0.05, 0.1) is 6.61 Å². The smallest absolute Gasteiger partial charge is 0.359 e. The first-order valence-electron chi connectivity index (χ1n) is 10.9. The summed E-state index contributed by atoms with van der Waals surface area (Å²) in [6.45, 7) is 2.60. The third-order valence-electron chi connectivity index (χ3n) is 6.28. The summed E-state index contributed by atoms with van der Waals surface area (Å²) in [6, 6.07) is 7.87. The van der Waals surface area contributed by atoms with E-state index in [0.717, 1.165) is 30.5 Å². The van der Waals surface area contributed by atoms with Crippen LogP contribution < -0.4 is 0 Å². The molecular weight excluding hydrogens is 404 g/mol. The van der Waals surface area contributed by atoms with Crippen LogP contribution >= 0.6 is 0 Å². The molecule has 0 N–H and O–H groups in total. The third kappa shape index (κ3) is 4.20. The Morgan fingerprint density at radius 2 is 1.87 bits per heavy atom. The molecule has 1 aliphatic heterocycles. The molecule has 1 aromatic heterocycles. The van der Waals surface area contributed by atoms with E-state index in [4.69, 9.17) is 4.74 Å². The fourth-order valence-electron chi connectivity index (χ4n) is 4.62. The number of amides is 1. The summed E-state index contributed by atoms with van der Waals surface area (Å²) >= 11 is 0. The minimum absolute atomic E-state index is 0.0154. The molecule has 2 heterocycles. The zero-order valence-corrected chi connectivity index (χ0v) is 17.7. The summed E-state index contributed by atoms with van der Waals surface area (Å²) in [5.41, 5.74) is 2.09. The number of hydrogen-bond donors (Lipinski definition) is 0. The number of aromatic nitrogens is 2. The molecule has 0 radical (unpaired) electrons. The molecule has 6 nitrogen and oxygen atoms in total. The Bertz CT molecular complexity index is 950. The van der Waals surface area contributed by atoms with Gasteiger partial charge in [-0.05, 0) is 39.0 Å². The van der Waals surface area contributed by atoms with Gasteiger partial charge >= 0.3 is 5.97 Å². The molecule has 1 saturated heterocycles. The minimum Gasteiger partial charge on any atom is -0.461 e. The monoisotopic (exact) mass is 431 g/mol. The van der Waals surface area contributed by atoms with Gasteiger partial charge in [0.25, 0.3) is 5.92 Å². The lowest BCUT2D eigenvalue weighted by Gasteiger charge is -2.36. The van der Waals surface area contributed by atoms with Gasteiger partial charge in [-0.25, -0.2) is 13.6 Å². The van der Waals surface area contributed by atoms with Crippen LogP contribution in [0, 0.1) is 5.92 Å². The highest BCUT2D eigenvalue weighted by molar-refractivity contribution is 5.89. The molecular formula is C23H27F2N3O3. The molecule has 0 unspecified atom stereocenters. The molecule has 31 heavy (non-hydrogen) atoms. The highest BCUT2D eigenvalue weighted by Crippen LogP contribution is 2.41. The summed E-state index contributed by atoms with van der Waals surface area (Å²) in [5.74, 6) is -4.32. The number of esters is 1. The number of halogens is 2. The van der Waals surface area contributed by atoms with E-state index in [9.17, 15) is 18.4 Å². The van der Waals surface area contributed by atoms with Crippen LogP contribution in [0.2, 0.25) is 0 Å². The van der Waals surface area contributed by atoms with Crippen LogP contribution in [0.3, 0.4) is 0 Å². The van der Waals surface area contributed by atoms with Gasteiger partial charge in [0, 0.05) is 35.8 Å². The van der Waals surface area contributed by atoms with Crippen molar-refractivity contribution in [3.05, 3.63) is 52.8 Å². The van der Waals surface area contributed by atoms with Gasteiger partial charge < -0.3 is 9.64 Å². The van der Waals surface area contributed by atoms with Crippen LogP contribution in [0.15, 0.2) is 30.3 Å².